The van der Waals surface area contributed by atoms with E-state index in [1.807, 2.05) is 13.1 Å². The van der Waals surface area contributed by atoms with Crippen LogP contribution >= 0.6 is 0 Å². The maximum atomic E-state index is 12.3. The van der Waals surface area contributed by atoms with Crippen molar-refractivity contribution in [3.8, 4) is 0 Å². The van der Waals surface area contributed by atoms with Crippen molar-refractivity contribution in [3.63, 3.8) is 0 Å². The average Bonchev–Trinajstić information content (AvgIpc) is 3.44. The highest BCUT2D eigenvalue weighted by atomic mass is 16.2. The van der Waals surface area contributed by atoms with Crippen LogP contribution in [0.3, 0.4) is 0 Å². The Morgan fingerprint density at radius 3 is 2.68 bits per heavy atom. The number of fused-ring (bicyclic) bond motifs is 1. The van der Waals surface area contributed by atoms with E-state index in [2.05, 4.69) is 51.3 Å². The van der Waals surface area contributed by atoms with Gasteiger partial charge in [-0.05, 0) is 44.9 Å². The number of hydrogen-bond donors (Lipinski definition) is 1. The van der Waals surface area contributed by atoms with E-state index in [9.17, 15) is 4.79 Å². The van der Waals surface area contributed by atoms with Gasteiger partial charge in [0.05, 0.1) is 11.6 Å². The quantitative estimate of drug-likeness (QED) is 0.930. The Balaban J connectivity index is 1.45. The highest BCUT2D eigenvalue weighted by Crippen LogP contribution is 2.27. The highest BCUT2D eigenvalue weighted by molar-refractivity contribution is 5.92. The lowest BCUT2D eigenvalue weighted by Crippen LogP contribution is -2.54. The summed E-state index contributed by atoms with van der Waals surface area (Å²) in [6.45, 7) is 7.85. The molecule has 1 saturated carbocycles. The number of carbonyl (C=O) groups is 1. The Labute approximate surface area is 149 Å². The molecule has 132 valence electrons. The van der Waals surface area contributed by atoms with E-state index >= 15 is 0 Å². The molecule has 5 nitrogen and oxygen atoms in total. The van der Waals surface area contributed by atoms with Crippen LogP contribution in [0.5, 0.6) is 0 Å². The first-order valence-corrected chi connectivity index (χ1v) is 9.26. The molecule has 2 fully saturated rings. The zero-order chi connectivity index (χ0) is 17.4. The number of nitrogens with one attached hydrogen (secondary N) is 1. The molecule has 1 N–H and O–H groups in total. The zero-order valence-electron chi connectivity index (χ0n) is 15.0. The second-order valence-corrected chi connectivity index (χ2v) is 7.33. The smallest absolute Gasteiger partial charge is 0.237 e. The second kappa shape index (κ2) is 6.64. The van der Waals surface area contributed by atoms with Crippen molar-refractivity contribution in [1.29, 1.82) is 0 Å². The fourth-order valence-electron chi connectivity index (χ4n) is 3.59. The van der Waals surface area contributed by atoms with Crippen molar-refractivity contribution in [2.24, 2.45) is 0 Å². The summed E-state index contributed by atoms with van der Waals surface area (Å²) >= 11 is 0. The minimum Gasteiger partial charge on any atom is -0.368 e. The molecule has 5 heteroatoms. The van der Waals surface area contributed by atoms with Crippen LogP contribution in [-0.4, -0.2) is 54.1 Å². The summed E-state index contributed by atoms with van der Waals surface area (Å²) in [6, 6.07) is 8.92. The van der Waals surface area contributed by atoms with E-state index in [1.54, 1.807) is 0 Å². The van der Waals surface area contributed by atoms with Gasteiger partial charge in [0, 0.05) is 49.5 Å². The second-order valence-electron chi connectivity index (χ2n) is 7.33. The molecule has 0 spiro atoms. The molecule has 0 bridgehead atoms. The van der Waals surface area contributed by atoms with Gasteiger partial charge in [-0.25, -0.2) is 0 Å². The van der Waals surface area contributed by atoms with E-state index in [0.717, 1.165) is 44.5 Å². The van der Waals surface area contributed by atoms with E-state index in [1.165, 1.54) is 16.6 Å². The van der Waals surface area contributed by atoms with Crippen molar-refractivity contribution < 1.29 is 4.79 Å². The lowest BCUT2D eigenvalue weighted by atomic mass is 10.1. The topological polar surface area (TPSA) is 48.5 Å². The summed E-state index contributed by atoms with van der Waals surface area (Å²) in [7, 11) is 0. The number of aryl methyl sites for hydroxylation is 1. The molecular formula is C20H26N4O. The van der Waals surface area contributed by atoms with Gasteiger partial charge in [0.15, 0.2) is 0 Å². The molecule has 1 atom stereocenters. The van der Waals surface area contributed by atoms with Crippen LogP contribution in [0.25, 0.3) is 10.9 Å². The molecule has 1 aliphatic heterocycles. The Kier molecular flexibility index (Phi) is 4.34. The summed E-state index contributed by atoms with van der Waals surface area (Å²) in [5.41, 5.74) is 3.55. The van der Waals surface area contributed by atoms with Crippen molar-refractivity contribution >= 4 is 22.5 Å². The largest absolute Gasteiger partial charge is 0.368 e. The summed E-state index contributed by atoms with van der Waals surface area (Å²) in [4.78, 5) is 21.5. The van der Waals surface area contributed by atoms with Gasteiger partial charge in [-0.2, -0.15) is 0 Å². The molecule has 1 amide bonds. The number of nitrogens with zero attached hydrogens (tertiary/aromatic N) is 3. The Morgan fingerprint density at radius 1 is 1.20 bits per heavy atom. The number of rotatable bonds is 4. The monoisotopic (exact) mass is 338 g/mol. The molecule has 4 rings (SSSR count). The number of hydrogen-bond acceptors (Lipinski definition) is 4. The molecule has 1 aliphatic carbocycles. The third-order valence-electron chi connectivity index (χ3n) is 5.38. The van der Waals surface area contributed by atoms with Gasteiger partial charge in [0.25, 0.3) is 0 Å². The first-order valence-electron chi connectivity index (χ1n) is 9.26. The fourth-order valence-corrected chi connectivity index (χ4v) is 3.59. The molecule has 2 aromatic rings. The number of pyridine rings is 1. The van der Waals surface area contributed by atoms with Gasteiger partial charge < -0.3 is 10.2 Å². The average molecular weight is 338 g/mol. The Morgan fingerprint density at radius 2 is 1.96 bits per heavy atom. The van der Waals surface area contributed by atoms with Crippen molar-refractivity contribution in [2.45, 2.75) is 38.8 Å². The Bertz CT molecular complexity index is 778. The normalized spacial score (nSPS) is 19.8. The molecule has 2 heterocycles. The van der Waals surface area contributed by atoms with E-state index in [4.69, 9.17) is 0 Å². The predicted molar refractivity (Wildman–Crippen MR) is 101 cm³/mol. The van der Waals surface area contributed by atoms with Gasteiger partial charge >= 0.3 is 0 Å². The lowest BCUT2D eigenvalue weighted by molar-refractivity contribution is -0.126. The first kappa shape index (κ1) is 16.3. The van der Waals surface area contributed by atoms with Crippen LogP contribution in [0.15, 0.2) is 30.5 Å². The molecule has 2 aliphatic rings. The molecule has 1 aromatic heterocycles. The van der Waals surface area contributed by atoms with E-state index in [0.29, 0.717) is 6.04 Å². The molecule has 0 radical (unpaired) electrons. The summed E-state index contributed by atoms with van der Waals surface area (Å²) in [5.74, 6) is 0.181. The van der Waals surface area contributed by atoms with E-state index < -0.39 is 0 Å². The molecular weight excluding hydrogens is 312 g/mol. The van der Waals surface area contributed by atoms with Crippen molar-refractivity contribution in [2.75, 3.05) is 31.1 Å². The number of aromatic nitrogens is 1. The number of benzene rings is 1. The van der Waals surface area contributed by atoms with Gasteiger partial charge in [-0.3, -0.25) is 14.7 Å². The predicted octanol–water partition coefficient (Wildman–Crippen LogP) is 2.33. The van der Waals surface area contributed by atoms with Gasteiger partial charge in [0.1, 0.15) is 0 Å². The zero-order valence-corrected chi connectivity index (χ0v) is 15.0. The fraction of sp³-hybridized carbons (Fsp3) is 0.500. The van der Waals surface area contributed by atoms with Crippen LogP contribution in [0.1, 0.15) is 25.3 Å². The maximum absolute atomic E-state index is 12.3. The van der Waals surface area contributed by atoms with Gasteiger partial charge in [-0.1, -0.05) is 11.6 Å². The van der Waals surface area contributed by atoms with Gasteiger partial charge in [0.2, 0.25) is 5.91 Å². The molecule has 1 unspecified atom stereocenters. The minimum atomic E-state index is -0.0424. The van der Waals surface area contributed by atoms with E-state index in [-0.39, 0.29) is 11.9 Å². The molecule has 1 saturated heterocycles. The number of carbonyl (C=O) groups excluding carboxylic acids is 1. The van der Waals surface area contributed by atoms with Crippen LogP contribution < -0.4 is 10.2 Å². The minimum absolute atomic E-state index is 0.0424. The van der Waals surface area contributed by atoms with Crippen LogP contribution in [0.2, 0.25) is 0 Å². The SMILES string of the molecule is Cc1ccc2nccc(N3CCN(C(C)C(=O)NC4CC4)CC3)c2c1. The summed E-state index contributed by atoms with van der Waals surface area (Å²) in [5, 5.41) is 4.34. The number of anilines is 1. The first-order chi connectivity index (χ1) is 12.1. The molecule has 25 heavy (non-hydrogen) atoms. The third kappa shape index (κ3) is 3.47. The highest BCUT2D eigenvalue weighted by Gasteiger charge is 2.30. The standard InChI is InChI=1S/C20H26N4O/c1-14-3-6-18-17(13-14)19(7-8-21-18)24-11-9-23(10-12-24)15(2)20(25)22-16-4-5-16/h3,6-8,13,15-16H,4-5,9-12H2,1-2H3,(H,22,25). The lowest BCUT2D eigenvalue weighted by Gasteiger charge is -2.38. The van der Waals surface area contributed by atoms with Gasteiger partial charge in [-0.15, -0.1) is 0 Å². The van der Waals surface area contributed by atoms with Crippen LogP contribution in [0, 0.1) is 6.92 Å². The molecule has 1 aromatic carbocycles. The van der Waals surface area contributed by atoms with Crippen molar-refractivity contribution in [1.82, 2.24) is 15.2 Å². The maximum Gasteiger partial charge on any atom is 0.237 e. The Hall–Kier alpha value is -2.14. The summed E-state index contributed by atoms with van der Waals surface area (Å²) in [6.07, 6.45) is 4.17. The van der Waals surface area contributed by atoms with Crippen LogP contribution in [0.4, 0.5) is 5.69 Å². The van der Waals surface area contributed by atoms with Crippen LogP contribution in [-0.2, 0) is 4.79 Å². The number of piperazine rings is 1. The summed E-state index contributed by atoms with van der Waals surface area (Å²) < 4.78 is 0. The number of amides is 1. The van der Waals surface area contributed by atoms with Crippen molar-refractivity contribution in [3.05, 3.63) is 36.0 Å². The third-order valence-corrected chi connectivity index (χ3v) is 5.38.